The number of rotatable bonds is 1. The van der Waals surface area contributed by atoms with Crippen molar-refractivity contribution in [2.24, 2.45) is 0 Å². The van der Waals surface area contributed by atoms with Crippen molar-refractivity contribution in [2.45, 2.75) is 33.3 Å². The van der Waals surface area contributed by atoms with Crippen molar-refractivity contribution in [3.05, 3.63) is 34.1 Å². The van der Waals surface area contributed by atoms with Crippen LogP contribution in [0.15, 0.2) is 12.1 Å². The highest BCUT2D eigenvalue weighted by atomic mass is 35.5. The molecular formula is C15H17ClFNO2. The third-order valence-electron chi connectivity index (χ3n) is 2.19. The van der Waals surface area contributed by atoms with Crippen LogP contribution in [0.3, 0.4) is 0 Å². The van der Waals surface area contributed by atoms with Gasteiger partial charge in [-0.15, -0.1) is 0 Å². The van der Waals surface area contributed by atoms with Crippen LogP contribution in [0, 0.1) is 24.6 Å². The molecule has 0 saturated carbocycles. The van der Waals surface area contributed by atoms with Gasteiger partial charge in [0.1, 0.15) is 11.4 Å². The fourth-order valence-corrected chi connectivity index (χ4v) is 1.58. The van der Waals surface area contributed by atoms with Crippen LogP contribution in [0.4, 0.5) is 9.18 Å². The number of carbonyl (C=O) groups excluding carboxylic acids is 1. The van der Waals surface area contributed by atoms with Crippen LogP contribution in [0.1, 0.15) is 31.9 Å². The van der Waals surface area contributed by atoms with Gasteiger partial charge in [0, 0.05) is 5.56 Å². The highest BCUT2D eigenvalue weighted by Gasteiger charge is 2.15. The number of hydrogen-bond acceptors (Lipinski definition) is 2. The van der Waals surface area contributed by atoms with Gasteiger partial charge in [-0.2, -0.15) is 0 Å². The normalized spacial score (nSPS) is 10.5. The maximum absolute atomic E-state index is 13.4. The van der Waals surface area contributed by atoms with Gasteiger partial charge in [0.2, 0.25) is 0 Å². The minimum Gasteiger partial charge on any atom is -0.444 e. The number of amides is 1. The second kappa shape index (κ2) is 6.62. The first-order valence-corrected chi connectivity index (χ1v) is 6.48. The molecule has 0 aliphatic carbocycles. The number of hydrogen-bond donors (Lipinski definition) is 1. The smallest absolute Gasteiger partial charge is 0.408 e. The summed E-state index contributed by atoms with van der Waals surface area (Å²) >= 11 is 5.95. The third kappa shape index (κ3) is 5.50. The molecule has 0 bridgehead atoms. The Morgan fingerprint density at radius 1 is 1.45 bits per heavy atom. The lowest BCUT2D eigenvalue weighted by Gasteiger charge is -2.19. The van der Waals surface area contributed by atoms with Gasteiger partial charge in [-0.1, -0.05) is 23.4 Å². The lowest BCUT2D eigenvalue weighted by atomic mass is 10.1. The van der Waals surface area contributed by atoms with E-state index >= 15 is 0 Å². The molecule has 0 radical (unpaired) electrons. The van der Waals surface area contributed by atoms with Crippen LogP contribution in [-0.4, -0.2) is 18.2 Å². The molecule has 0 saturated heterocycles. The Bertz CT molecular complexity index is 568. The largest absolute Gasteiger partial charge is 0.444 e. The zero-order valence-electron chi connectivity index (χ0n) is 11.9. The van der Waals surface area contributed by atoms with Crippen molar-refractivity contribution in [3.63, 3.8) is 0 Å². The van der Waals surface area contributed by atoms with E-state index in [1.165, 1.54) is 12.1 Å². The summed E-state index contributed by atoms with van der Waals surface area (Å²) < 4.78 is 18.4. The molecule has 0 atom stereocenters. The molecule has 0 aliphatic heterocycles. The first kappa shape index (κ1) is 16.3. The quantitative estimate of drug-likeness (QED) is 0.803. The second-order valence-electron chi connectivity index (χ2n) is 5.24. The Hall–Kier alpha value is -1.73. The van der Waals surface area contributed by atoms with Gasteiger partial charge in [0.25, 0.3) is 0 Å². The number of benzene rings is 1. The summed E-state index contributed by atoms with van der Waals surface area (Å²) in [6, 6.07) is 2.79. The summed E-state index contributed by atoms with van der Waals surface area (Å²) in [5.41, 5.74) is 0.300. The maximum atomic E-state index is 13.4. The second-order valence-corrected chi connectivity index (χ2v) is 5.65. The molecule has 1 amide bonds. The van der Waals surface area contributed by atoms with Crippen LogP contribution >= 0.6 is 11.6 Å². The van der Waals surface area contributed by atoms with Crippen molar-refractivity contribution in [1.82, 2.24) is 5.32 Å². The van der Waals surface area contributed by atoms with E-state index in [9.17, 15) is 9.18 Å². The van der Waals surface area contributed by atoms with Crippen molar-refractivity contribution < 1.29 is 13.9 Å². The minimum absolute atomic E-state index is 0.0980. The highest BCUT2D eigenvalue weighted by molar-refractivity contribution is 6.31. The van der Waals surface area contributed by atoms with Crippen LogP contribution in [0.25, 0.3) is 0 Å². The van der Waals surface area contributed by atoms with E-state index in [0.29, 0.717) is 16.1 Å². The number of aryl methyl sites for hydroxylation is 1. The molecule has 0 spiro atoms. The van der Waals surface area contributed by atoms with Crippen molar-refractivity contribution in [1.29, 1.82) is 0 Å². The van der Waals surface area contributed by atoms with Gasteiger partial charge in [-0.3, -0.25) is 0 Å². The van der Waals surface area contributed by atoms with E-state index in [1.54, 1.807) is 27.7 Å². The Morgan fingerprint density at radius 3 is 2.70 bits per heavy atom. The topological polar surface area (TPSA) is 38.3 Å². The van der Waals surface area contributed by atoms with Crippen LogP contribution in [0.2, 0.25) is 5.02 Å². The molecule has 1 aromatic rings. The van der Waals surface area contributed by atoms with E-state index in [0.717, 1.165) is 0 Å². The van der Waals surface area contributed by atoms with Crippen molar-refractivity contribution >= 4 is 17.7 Å². The Labute approximate surface area is 123 Å². The maximum Gasteiger partial charge on any atom is 0.408 e. The number of halogens is 2. The zero-order chi connectivity index (χ0) is 15.3. The third-order valence-corrected chi connectivity index (χ3v) is 2.50. The molecule has 1 rings (SSSR count). The summed E-state index contributed by atoms with van der Waals surface area (Å²) in [6.07, 6.45) is -0.548. The minimum atomic E-state index is -0.555. The average molecular weight is 298 g/mol. The molecule has 5 heteroatoms. The van der Waals surface area contributed by atoms with E-state index in [2.05, 4.69) is 17.2 Å². The molecule has 0 heterocycles. The summed E-state index contributed by atoms with van der Waals surface area (Å²) in [7, 11) is 0. The molecule has 108 valence electrons. The summed E-state index contributed by atoms with van der Waals surface area (Å²) in [4.78, 5) is 11.3. The highest BCUT2D eigenvalue weighted by Crippen LogP contribution is 2.19. The van der Waals surface area contributed by atoms with Crippen LogP contribution < -0.4 is 5.32 Å². The van der Waals surface area contributed by atoms with Crippen LogP contribution in [0.5, 0.6) is 0 Å². The summed E-state index contributed by atoms with van der Waals surface area (Å²) in [5.74, 6) is 5.04. The Morgan fingerprint density at radius 2 is 2.10 bits per heavy atom. The molecule has 1 aromatic carbocycles. The first-order chi connectivity index (χ1) is 9.19. The average Bonchev–Trinajstić information content (AvgIpc) is 2.28. The van der Waals surface area contributed by atoms with Crippen LogP contribution in [-0.2, 0) is 4.74 Å². The fraction of sp³-hybridized carbons (Fsp3) is 0.400. The fourth-order valence-electron chi connectivity index (χ4n) is 1.31. The van der Waals surface area contributed by atoms with Gasteiger partial charge in [-0.25, -0.2) is 9.18 Å². The summed E-state index contributed by atoms with van der Waals surface area (Å²) in [5, 5.41) is 2.87. The molecule has 0 fully saturated rings. The predicted octanol–water partition coefficient (Wildman–Crippen LogP) is 3.66. The Kier molecular flexibility index (Phi) is 5.41. The SMILES string of the molecule is Cc1cc(Cl)c(C#CCNC(=O)OC(C)(C)C)cc1F. The Balaban J connectivity index is 2.60. The zero-order valence-corrected chi connectivity index (χ0v) is 12.7. The first-order valence-electron chi connectivity index (χ1n) is 6.10. The molecule has 0 unspecified atom stereocenters. The monoisotopic (exact) mass is 297 g/mol. The van der Waals surface area contributed by atoms with E-state index in [-0.39, 0.29) is 12.4 Å². The molecule has 20 heavy (non-hydrogen) atoms. The number of ether oxygens (including phenoxy) is 1. The van der Waals surface area contributed by atoms with Gasteiger partial charge < -0.3 is 10.1 Å². The van der Waals surface area contributed by atoms with Gasteiger partial charge in [0.05, 0.1) is 11.6 Å². The number of carbonyl (C=O) groups is 1. The lowest BCUT2D eigenvalue weighted by Crippen LogP contribution is -2.32. The summed E-state index contributed by atoms with van der Waals surface area (Å²) in [6.45, 7) is 7.04. The number of nitrogens with one attached hydrogen (secondary N) is 1. The molecule has 0 aromatic heterocycles. The van der Waals surface area contributed by atoms with E-state index in [4.69, 9.17) is 16.3 Å². The van der Waals surface area contributed by atoms with E-state index in [1.807, 2.05) is 0 Å². The van der Waals surface area contributed by atoms with Crippen molar-refractivity contribution in [2.75, 3.05) is 6.54 Å². The number of alkyl carbamates (subject to hydrolysis) is 1. The van der Waals surface area contributed by atoms with Gasteiger partial charge >= 0.3 is 6.09 Å². The molecule has 1 N–H and O–H groups in total. The van der Waals surface area contributed by atoms with Gasteiger partial charge in [0.15, 0.2) is 0 Å². The molecule has 0 aliphatic rings. The molecule has 3 nitrogen and oxygen atoms in total. The lowest BCUT2D eigenvalue weighted by molar-refractivity contribution is 0.0535. The standard InChI is InChI=1S/C15H17ClFNO2/c1-10-8-12(16)11(9-13(10)17)6-5-7-18-14(19)20-15(2,3)4/h8-9H,7H2,1-4H3,(H,18,19). The molecular weight excluding hydrogens is 281 g/mol. The van der Waals surface area contributed by atoms with Crippen molar-refractivity contribution in [3.8, 4) is 11.8 Å². The predicted molar refractivity (Wildman–Crippen MR) is 77.3 cm³/mol. The van der Waals surface area contributed by atoms with E-state index < -0.39 is 11.7 Å². The van der Waals surface area contributed by atoms with Gasteiger partial charge in [-0.05, 0) is 45.4 Å².